The molecule has 0 aliphatic rings. The third kappa shape index (κ3) is 5.78. The summed E-state index contributed by atoms with van der Waals surface area (Å²) in [4.78, 5) is 17.4. The lowest BCUT2D eigenvalue weighted by Crippen LogP contribution is -2.23. The van der Waals surface area contributed by atoms with Gasteiger partial charge in [0.25, 0.3) is 0 Å². The summed E-state index contributed by atoms with van der Waals surface area (Å²) in [6, 6.07) is 0. The van der Waals surface area contributed by atoms with E-state index in [9.17, 15) is 13.3 Å². The summed E-state index contributed by atoms with van der Waals surface area (Å²) in [5.41, 5.74) is -0.0195. The first kappa shape index (κ1) is 15.3. The van der Waals surface area contributed by atoms with Gasteiger partial charge in [-0.3, -0.25) is 4.55 Å². The molecule has 0 amide bonds. The van der Waals surface area contributed by atoms with Gasteiger partial charge in [-0.05, 0) is 17.8 Å². The highest BCUT2D eigenvalue weighted by Gasteiger charge is 2.30. The zero-order valence-corrected chi connectivity index (χ0v) is 11.3. The largest absolute Gasteiger partial charge is 0.434 e. The first-order valence-electron chi connectivity index (χ1n) is 4.73. The lowest BCUT2D eigenvalue weighted by molar-refractivity contribution is 0.318. The molecule has 3 N–H and O–H groups in total. The van der Waals surface area contributed by atoms with E-state index in [2.05, 4.69) is 0 Å². The molecule has 0 saturated carbocycles. The van der Waals surface area contributed by atoms with E-state index in [0.717, 1.165) is 0 Å². The van der Waals surface area contributed by atoms with E-state index >= 15 is 0 Å². The zero-order valence-electron chi connectivity index (χ0n) is 9.54. The molecule has 0 radical (unpaired) electrons. The molecule has 0 bridgehead atoms. The maximum absolute atomic E-state index is 11.3. The Labute approximate surface area is 91.4 Å². The Morgan fingerprint density at radius 3 is 2.00 bits per heavy atom. The first-order chi connectivity index (χ1) is 6.35. The second-order valence-electron chi connectivity index (χ2n) is 5.23. The van der Waals surface area contributed by atoms with Gasteiger partial charge in [-0.25, -0.2) is 8.77 Å². The number of hydrogen-bond donors (Lipinski definition) is 4. The molecular formula is C8H21O5PS. The van der Waals surface area contributed by atoms with Crippen LogP contribution in [0.5, 0.6) is 0 Å². The van der Waals surface area contributed by atoms with Gasteiger partial charge in [0.1, 0.15) is 0 Å². The maximum Gasteiger partial charge on any atom is 0.434 e. The first-order valence-corrected chi connectivity index (χ1v) is 8.89. The van der Waals surface area contributed by atoms with Gasteiger partial charge in [0.05, 0.1) is 0 Å². The van der Waals surface area contributed by atoms with Crippen LogP contribution in [0, 0.1) is 11.3 Å². The lowest BCUT2D eigenvalue weighted by Gasteiger charge is -2.29. The van der Waals surface area contributed by atoms with Gasteiger partial charge in [0.15, 0.2) is 0 Å². The molecule has 0 aliphatic heterocycles. The summed E-state index contributed by atoms with van der Waals surface area (Å²) >= 11 is 0. The highest BCUT2D eigenvalue weighted by Crippen LogP contribution is 2.48. The molecule has 1 unspecified atom stereocenters. The second kappa shape index (κ2) is 4.63. The molecule has 0 aliphatic carbocycles. The molecule has 0 rings (SSSR count). The quantitative estimate of drug-likeness (QED) is 0.455. The lowest BCUT2D eigenvalue weighted by atomic mass is 9.86. The summed E-state index contributed by atoms with van der Waals surface area (Å²) in [6.45, 7) is 2.78. The van der Waals surface area contributed by atoms with Gasteiger partial charge in [0, 0.05) is 5.75 Å². The van der Waals surface area contributed by atoms with Crippen LogP contribution in [0.3, 0.4) is 0 Å². The monoisotopic (exact) mass is 260 g/mol. The molecule has 0 heterocycles. The summed E-state index contributed by atoms with van der Waals surface area (Å²) in [5.74, 6) is -0.511. The summed E-state index contributed by atoms with van der Waals surface area (Å²) < 4.78 is 31.3. The average molecular weight is 260 g/mol. The fourth-order valence-electron chi connectivity index (χ4n) is 1.62. The van der Waals surface area contributed by atoms with Gasteiger partial charge in [-0.2, -0.15) is 0 Å². The van der Waals surface area contributed by atoms with Gasteiger partial charge >= 0.3 is 6.80 Å². The number of thiol groups is 1. The topological polar surface area (TPSA) is 94.8 Å². The summed E-state index contributed by atoms with van der Waals surface area (Å²) in [7, 11) is -4.35. The van der Waals surface area contributed by atoms with E-state index in [0.29, 0.717) is 6.42 Å². The van der Waals surface area contributed by atoms with Crippen molar-refractivity contribution in [1.82, 2.24) is 0 Å². The Morgan fingerprint density at radius 1 is 1.33 bits per heavy atom. The van der Waals surface area contributed by atoms with E-state index in [1.54, 1.807) is 6.92 Å². The Morgan fingerprint density at radius 2 is 1.73 bits per heavy atom. The van der Waals surface area contributed by atoms with Crippen molar-refractivity contribution in [2.24, 2.45) is 11.3 Å². The van der Waals surface area contributed by atoms with Crippen molar-refractivity contribution in [2.75, 3.05) is 5.75 Å². The van der Waals surface area contributed by atoms with E-state index in [1.165, 1.54) is 0 Å². The van der Waals surface area contributed by atoms with Crippen LogP contribution in [-0.4, -0.2) is 24.3 Å². The van der Waals surface area contributed by atoms with Crippen molar-refractivity contribution >= 4 is 16.6 Å². The van der Waals surface area contributed by atoms with Crippen LogP contribution in [0.2, 0.25) is 0 Å². The predicted molar refractivity (Wildman–Crippen MR) is 62.3 cm³/mol. The fraction of sp³-hybridized carbons (Fsp3) is 1.00. The van der Waals surface area contributed by atoms with Crippen LogP contribution in [0.4, 0.5) is 0 Å². The molecule has 0 aromatic heterocycles. The van der Waals surface area contributed by atoms with Crippen LogP contribution in [0.1, 0.15) is 34.1 Å². The highest BCUT2D eigenvalue weighted by molar-refractivity contribution is 8.52. The molecule has 0 fully saturated rings. The van der Waals surface area contributed by atoms with E-state index in [4.69, 9.17) is 9.79 Å². The van der Waals surface area contributed by atoms with Crippen molar-refractivity contribution in [3.63, 3.8) is 0 Å². The molecule has 0 saturated heterocycles. The molecule has 1 atom stereocenters. The van der Waals surface area contributed by atoms with Crippen LogP contribution in [-0.2, 0) is 14.4 Å². The fourth-order valence-corrected chi connectivity index (χ4v) is 4.25. The second-order valence-corrected chi connectivity index (χ2v) is 11.4. The van der Waals surface area contributed by atoms with Crippen molar-refractivity contribution < 1.29 is 23.1 Å². The molecule has 0 aromatic rings. The Kier molecular flexibility index (Phi) is 4.71. The van der Waals surface area contributed by atoms with E-state index in [-0.39, 0.29) is 17.1 Å². The molecule has 5 nitrogen and oxygen atoms in total. The van der Waals surface area contributed by atoms with Gasteiger partial charge in [0.2, 0.25) is 0 Å². The Hall–Kier alpha value is 0.260. The maximum atomic E-state index is 11.3. The van der Waals surface area contributed by atoms with Gasteiger partial charge in [-0.15, -0.1) is 9.83 Å². The number of hydrogen-bond acceptors (Lipinski definition) is 2. The average Bonchev–Trinajstić information content (AvgIpc) is 1.75. The minimum atomic E-state index is -4.88. The molecule has 15 heavy (non-hydrogen) atoms. The number of rotatable bonds is 4. The van der Waals surface area contributed by atoms with Crippen LogP contribution in [0.25, 0.3) is 0 Å². The standard InChI is InChI=1S/C8H21O5PS/c1-7(5-8(2,3)4)6-15(12,13)14(9,10)11/h7,15H,5-6H2,1-4H3,(H,12,13)(H2,9,10,11). The SMILES string of the molecule is CC(CC(C)(C)C)C[SH](=O)(O)P(=O)(O)O. The van der Waals surface area contributed by atoms with Crippen LogP contribution >= 0.6 is 6.80 Å². The Balaban J connectivity index is 4.50. The molecular weight excluding hydrogens is 239 g/mol. The Bertz CT molecular complexity index is 303. The van der Waals surface area contributed by atoms with E-state index in [1.807, 2.05) is 20.8 Å². The smallest absolute Gasteiger partial charge is 0.310 e. The summed E-state index contributed by atoms with van der Waals surface area (Å²) in [5, 5.41) is 0. The minimum absolute atomic E-state index is 0.0195. The third-order valence-corrected chi connectivity index (χ3v) is 6.76. The van der Waals surface area contributed by atoms with Crippen LogP contribution in [0.15, 0.2) is 0 Å². The normalized spacial score (nSPS) is 17.5. The van der Waals surface area contributed by atoms with Crippen molar-refractivity contribution in [3.8, 4) is 0 Å². The van der Waals surface area contributed by atoms with Crippen molar-refractivity contribution in [2.45, 2.75) is 34.1 Å². The van der Waals surface area contributed by atoms with Gasteiger partial charge in [-0.1, -0.05) is 27.7 Å². The van der Waals surface area contributed by atoms with E-state index < -0.39 is 16.6 Å². The predicted octanol–water partition coefficient (Wildman–Crippen LogP) is 1.64. The summed E-state index contributed by atoms with van der Waals surface area (Å²) in [6.07, 6.45) is 0.650. The van der Waals surface area contributed by atoms with Crippen molar-refractivity contribution in [1.29, 1.82) is 0 Å². The third-order valence-electron chi connectivity index (χ3n) is 1.92. The minimum Gasteiger partial charge on any atom is -0.310 e. The van der Waals surface area contributed by atoms with Crippen molar-refractivity contribution in [3.05, 3.63) is 0 Å². The molecule has 94 valence electrons. The molecule has 0 aromatic carbocycles. The molecule has 0 spiro atoms. The highest BCUT2D eigenvalue weighted by atomic mass is 32.8. The zero-order chi connectivity index (χ0) is 12.5. The van der Waals surface area contributed by atoms with Gasteiger partial charge < -0.3 is 9.79 Å². The van der Waals surface area contributed by atoms with Crippen LogP contribution < -0.4 is 0 Å². The molecule has 7 heteroatoms.